The van der Waals surface area contributed by atoms with Gasteiger partial charge in [-0.2, -0.15) is 21.6 Å². The second kappa shape index (κ2) is 9.39. The van der Waals surface area contributed by atoms with Crippen LogP contribution < -0.4 is 10.6 Å². The third kappa shape index (κ3) is 6.06. The summed E-state index contributed by atoms with van der Waals surface area (Å²) in [4.78, 5) is 23.7. The summed E-state index contributed by atoms with van der Waals surface area (Å²) in [5.41, 5.74) is -0.605. The number of nitrogens with one attached hydrogen (secondary N) is 2. The van der Waals surface area contributed by atoms with Crippen molar-refractivity contribution >= 4 is 39.1 Å². The molecule has 1 aliphatic heterocycles. The second-order valence-corrected chi connectivity index (χ2v) is 8.35. The van der Waals surface area contributed by atoms with Crippen molar-refractivity contribution in [3.8, 4) is 0 Å². The van der Waals surface area contributed by atoms with Gasteiger partial charge in [0, 0.05) is 18.5 Å². The molecule has 32 heavy (non-hydrogen) atoms. The number of alkyl halides is 3. The number of rotatable bonds is 7. The van der Waals surface area contributed by atoms with Gasteiger partial charge in [-0.25, -0.2) is 0 Å². The minimum absolute atomic E-state index is 0.0648. The summed E-state index contributed by atoms with van der Waals surface area (Å²) in [7, 11) is -3.82. The quantitative estimate of drug-likeness (QED) is 0.600. The molecule has 0 unspecified atom stereocenters. The average Bonchev–Trinajstić information content (AvgIpc) is 2.71. The van der Waals surface area contributed by atoms with Crippen LogP contribution in [-0.4, -0.2) is 32.7 Å². The molecular weight excluding hydrogens is 451 g/mol. The van der Waals surface area contributed by atoms with Gasteiger partial charge in [-0.1, -0.05) is 18.2 Å². The van der Waals surface area contributed by atoms with E-state index in [0.717, 1.165) is 18.2 Å². The lowest BCUT2D eigenvalue weighted by molar-refractivity contribution is -0.147. The van der Waals surface area contributed by atoms with Gasteiger partial charge in [0.15, 0.2) is 6.61 Å². The molecule has 0 aliphatic carbocycles. The molecule has 8 nitrogen and oxygen atoms in total. The first-order chi connectivity index (χ1) is 15.0. The Balaban J connectivity index is 1.43. The molecule has 1 heterocycles. The maximum absolute atomic E-state index is 12.7. The van der Waals surface area contributed by atoms with Crippen LogP contribution in [0.15, 0.2) is 57.8 Å². The van der Waals surface area contributed by atoms with Gasteiger partial charge in [-0.3, -0.25) is 9.59 Å². The summed E-state index contributed by atoms with van der Waals surface area (Å²) in [5.74, 6) is -1.33. The number of esters is 1. The molecule has 0 saturated carbocycles. The van der Waals surface area contributed by atoms with Crippen LogP contribution in [0.1, 0.15) is 24.8 Å². The fourth-order valence-corrected chi connectivity index (χ4v) is 4.04. The van der Waals surface area contributed by atoms with Gasteiger partial charge >= 0.3 is 12.1 Å². The molecule has 12 heteroatoms. The largest absolute Gasteiger partial charge is 0.456 e. The molecular formula is C20H18F3N3O5S. The summed E-state index contributed by atoms with van der Waals surface area (Å²) in [6.07, 6.45) is -4.30. The molecule has 0 radical (unpaired) electrons. The number of benzene rings is 2. The second-order valence-electron chi connectivity index (χ2n) is 6.78. The van der Waals surface area contributed by atoms with E-state index >= 15 is 0 Å². The lowest BCUT2D eigenvalue weighted by atomic mass is 10.2. The first kappa shape index (κ1) is 23.3. The Hall–Kier alpha value is -3.41. The lowest BCUT2D eigenvalue weighted by Gasteiger charge is -2.17. The fraction of sp³-hybridized carbons (Fsp3) is 0.250. The van der Waals surface area contributed by atoms with E-state index < -0.39 is 40.2 Å². The molecule has 0 saturated heterocycles. The van der Waals surface area contributed by atoms with Crippen molar-refractivity contribution in [3.63, 3.8) is 0 Å². The van der Waals surface area contributed by atoms with Crippen molar-refractivity contribution in [3.05, 3.63) is 54.1 Å². The number of nitrogens with zero attached hydrogens (tertiary/aromatic N) is 1. The number of amidine groups is 1. The fourth-order valence-electron chi connectivity index (χ4n) is 2.86. The Morgan fingerprint density at radius 3 is 2.59 bits per heavy atom. The maximum Gasteiger partial charge on any atom is 0.416 e. The molecule has 2 aromatic carbocycles. The summed E-state index contributed by atoms with van der Waals surface area (Å²) in [6.45, 7) is -0.671. The van der Waals surface area contributed by atoms with Crippen LogP contribution in [0, 0.1) is 0 Å². The molecule has 0 aromatic heterocycles. The molecule has 0 bridgehead atoms. The smallest absolute Gasteiger partial charge is 0.416 e. The number of hydrogen-bond acceptors (Lipinski definition) is 6. The van der Waals surface area contributed by atoms with Crippen molar-refractivity contribution < 1.29 is 35.9 Å². The van der Waals surface area contributed by atoms with Gasteiger partial charge in [0.05, 0.1) is 11.3 Å². The highest BCUT2D eigenvalue weighted by Crippen LogP contribution is 2.30. The highest BCUT2D eigenvalue weighted by Gasteiger charge is 2.30. The van der Waals surface area contributed by atoms with Crippen molar-refractivity contribution in [2.24, 2.45) is 4.40 Å². The standard InChI is InChI=1S/C20H18F3N3O5S/c21-20(22,23)13-5-3-6-14(11-13)24-18(27)12-31-19(28)10-4-9-17-25-15-7-1-2-8-16(15)32(29,30)26-17/h1-3,5-8,11H,4,9-10,12H2,(H,24,27)(H,25,26). The van der Waals surface area contributed by atoms with Crippen LogP contribution in [0.4, 0.5) is 24.5 Å². The number of anilines is 2. The minimum Gasteiger partial charge on any atom is -0.456 e. The first-order valence-electron chi connectivity index (χ1n) is 9.37. The van der Waals surface area contributed by atoms with E-state index in [2.05, 4.69) is 15.0 Å². The SMILES string of the molecule is O=C(COC(=O)CCCC1=NS(=O)(=O)c2ccccc2N1)Nc1cccc(C(F)(F)F)c1. The monoisotopic (exact) mass is 469 g/mol. The zero-order chi connectivity index (χ0) is 23.4. The van der Waals surface area contributed by atoms with Crippen LogP contribution in [0.25, 0.3) is 0 Å². The lowest BCUT2D eigenvalue weighted by Crippen LogP contribution is -2.22. The summed E-state index contributed by atoms with van der Waals surface area (Å²) in [6, 6.07) is 10.3. The molecule has 3 rings (SSSR count). The Labute approximate surface area is 181 Å². The molecule has 1 aliphatic rings. The number of para-hydroxylation sites is 1. The molecule has 0 atom stereocenters. The molecule has 0 fully saturated rings. The number of fused-ring (bicyclic) bond motifs is 1. The van der Waals surface area contributed by atoms with E-state index in [1.54, 1.807) is 18.2 Å². The van der Waals surface area contributed by atoms with Crippen LogP contribution in [0.3, 0.4) is 0 Å². The van der Waals surface area contributed by atoms with Gasteiger partial charge in [-0.15, -0.1) is 4.40 Å². The van der Waals surface area contributed by atoms with Gasteiger partial charge in [0.1, 0.15) is 10.7 Å². The summed E-state index contributed by atoms with van der Waals surface area (Å²) >= 11 is 0. The predicted molar refractivity (Wildman–Crippen MR) is 110 cm³/mol. The van der Waals surface area contributed by atoms with Crippen LogP contribution in [0.2, 0.25) is 0 Å². The molecule has 0 spiro atoms. The first-order valence-corrected chi connectivity index (χ1v) is 10.8. The van der Waals surface area contributed by atoms with Crippen molar-refractivity contribution in [1.82, 2.24) is 0 Å². The van der Waals surface area contributed by atoms with E-state index in [-0.39, 0.29) is 35.7 Å². The number of amides is 1. The highest BCUT2D eigenvalue weighted by atomic mass is 32.2. The van der Waals surface area contributed by atoms with Crippen molar-refractivity contribution in [2.45, 2.75) is 30.3 Å². The Bertz CT molecular complexity index is 1160. The van der Waals surface area contributed by atoms with Crippen molar-refractivity contribution in [2.75, 3.05) is 17.2 Å². The van der Waals surface area contributed by atoms with E-state index in [1.165, 1.54) is 12.1 Å². The number of ether oxygens (including phenoxy) is 1. The zero-order valence-electron chi connectivity index (χ0n) is 16.5. The Morgan fingerprint density at radius 1 is 1.09 bits per heavy atom. The van der Waals surface area contributed by atoms with Crippen LogP contribution >= 0.6 is 0 Å². The topological polar surface area (TPSA) is 114 Å². The number of halogens is 3. The van der Waals surface area contributed by atoms with E-state index in [0.29, 0.717) is 5.69 Å². The van der Waals surface area contributed by atoms with Crippen molar-refractivity contribution in [1.29, 1.82) is 0 Å². The van der Waals surface area contributed by atoms with E-state index in [9.17, 15) is 31.2 Å². The molecule has 2 N–H and O–H groups in total. The van der Waals surface area contributed by atoms with Gasteiger partial charge in [0.2, 0.25) is 0 Å². The number of hydrogen-bond donors (Lipinski definition) is 2. The average molecular weight is 469 g/mol. The summed E-state index contributed by atoms with van der Waals surface area (Å²) < 4.78 is 70.9. The number of carbonyl (C=O) groups excluding carboxylic acids is 2. The molecule has 2 aromatic rings. The Morgan fingerprint density at radius 2 is 1.84 bits per heavy atom. The summed E-state index contributed by atoms with van der Waals surface area (Å²) in [5, 5.41) is 5.12. The molecule has 170 valence electrons. The number of sulfonamides is 1. The normalized spacial score (nSPS) is 14.5. The van der Waals surface area contributed by atoms with E-state index in [1.807, 2.05) is 0 Å². The predicted octanol–water partition coefficient (Wildman–Crippen LogP) is 3.57. The maximum atomic E-state index is 12.7. The van der Waals surface area contributed by atoms with Gasteiger partial charge in [-0.05, 0) is 36.8 Å². The highest BCUT2D eigenvalue weighted by molar-refractivity contribution is 7.90. The minimum atomic E-state index is -4.55. The van der Waals surface area contributed by atoms with E-state index in [4.69, 9.17) is 4.74 Å². The third-order valence-electron chi connectivity index (χ3n) is 4.31. The molecule has 1 amide bonds. The van der Waals surface area contributed by atoms with Crippen LogP contribution in [-0.2, 0) is 30.5 Å². The number of carbonyl (C=O) groups is 2. The van der Waals surface area contributed by atoms with Gasteiger partial charge < -0.3 is 15.4 Å². The van der Waals surface area contributed by atoms with Crippen LogP contribution in [0.5, 0.6) is 0 Å². The Kier molecular flexibility index (Phi) is 6.82. The third-order valence-corrected chi connectivity index (χ3v) is 5.68. The zero-order valence-corrected chi connectivity index (χ0v) is 17.3. The van der Waals surface area contributed by atoms with Gasteiger partial charge in [0.25, 0.3) is 15.9 Å².